The Morgan fingerprint density at radius 1 is 1.00 bits per heavy atom. The van der Waals surface area contributed by atoms with E-state index in [9.17, 15) is 4.79 Å². The number of hydrogen-bond donors (Lipinski definition) is 2. The van der Waals surface area contributed by atoms with E-state index in [2.05, 4.69) is 77.1 Å². The van der Waals surface area contributed by atoms with Crippen molar-refractivity contribution in [2.24, 2.45) is 16.8 Å². The highest BCUT2D eigenvalue weighted by Crippen LogP contribution is 2.23. The second-order valence-corrected chi connectivity index (χ2v) is 9.18. The Bertz CT molecular complexity index is 908. The number of carbonyl (C=O) groups is 1. The Morgan fingerprint density at radius 2 is 1.74 bits per heavy atom. The molecule has 0 aromatic heterocycles. The van der Waals surface area contributed by atoms with Crippen LogP contribution < -0.4 is 15.5 Å². The van der Waals surface area contributed by atoms with Crippen LogP contribution in [0.25, 0.3) is 0 Å². The SMILES string of the molecule is CCNC(=NCC1CC(=O)N(CCc2ccccc2)C1)NCC1CCN(c2ccccc2)C1.I. The number of carbonyl (C=O) groups excluding carboxylic acids is 1. The zero-order valence-corrected chi connectivity index (χ0v) is 22.5. The molecule has 2 aliphatic heterocycles. The molecule has 0 spiro atoms. The number of para-hydroxylation sites is 1. The molecule has 0 aliphatic carbocycles. The van der Waals surface area contributed by atoms with Crippen molar-refractivity contribution in [2.45, 2.75) is 26.2 Å². The second kappa shape index (κ2) is 13.6. The number of aliphatic imine (C=N–C) groups is 1. The first-order valence-electron chi connectivity index (χ1n) is 12.3. The van der Waals surface area contributed by atoms with Gasteiger partial charge in [0.2, 0.25) is 5.91 Å². The monoisotopic (exact) mass is 575 g/mol. The molecule has 2 N–H and O–H groups in total. The first-order valence-corrected chi connectivity index (χ1v) is 12.3. The molecule has 2 aromatic carbocycles. The number of nitrogens with one attached hydrogen (secondary N) is 2. The van der Waals surface area contributed by atoms with Gasteiger partial charge in [0.05, 0.1) is 0 Å². The molecule has 2 aliphatic rings. The van der Waals surface area contributed by atoms with Crippen molar-refractivity contribution in [3.05, 3.63) is 66.2 Å². The van der Waals surface area contributed by atoms with Crippen LogP contribution in [-0.2, 0) is 11.2 Å². The van der Waals surface area contributed by atoms with Crippen LogP contribution in [0.3, 0.4) is 0 Å². The van der Waals surface area contributed by atoms with Crippen LogP contribution in [0.5, 0.6) is 0 Å². The van der Waals surface area contributed by atoms with E-state index < -0.39 is 0 Å². The molecule has 2 aromatic rings. The lowest BCUT2D eigenvalue weighted by Gasteiger charge is -2.19. The maximum Gasteiger partial charge on any atom is 0.223 e. The number of benzene rings is 2. The highest BCUT2D eigenvalue weighted by atomic mass is 127. The zero-order chi connectivity index (χ0) is 22.9. The average Bonchev–Trinajstić information content (AvgIpc) is 3.47. The lowest BCUT2D eigenvalue weighted by molar-refractivity contribution is -0.127. The van der Waals surface area contributed by atoms with Crippen molar-refractivity contribution in [2.75, 3.05) is 50.7 Å². The Hall–Kier alpha value is -2.29. The molecule has 2 fully saturated rings. The molecule has 4 rings (SSSR count). The van der Waals surface area contributed by atoms with Crippen molar-refractivity contribution >= 4 is 41.5 Å². The number of hydrogen-bond acceptors (Lipinski definition) is 3. The van der Waals surface area contributed by atoms with Crippen LogP contribution in [-0.4, -0.2) is 62.6 Å². The number of halogens is 1. The summed E-state index contributed by atoms with van der Waals surface area (Å²) < 4.78 is 0. The van der Waals surface area contributed by atoms with Crippen LogP contribution in [0.4, 0.5) is 5.69 Å². The molecule has 0 saturated carbocycles. The first-order chi connectivity index (χ1) is 16.2. The van der Waals surface area contributed by atoms with Crippen LogP contribution in [0.15, 0.2) is 65.7 Å². The maximum atomic E-state index is 12.5. The fraction of sp³-hybridized carbons (Fsp3) is 0.481. The third kappa shape index (κ3) is 7.61. The molecule has 2 unspecified atom stereocenters. The summed E-state index contributed by atoms with van der Waals surface area (Å²) in [5.41, 5.74) is 2.59. The molecule has 0 bridgehead atoms. The van der Waals surface area contributed by atoms with Gasteiger partial charge in [-0.05, 0) is 43.4 Å². The number of likely N-dealkylation sites (tertiary alicyclic amines) is 1. The Labute approximate surface area is 221 Å². The number of guanidine groups is 1. The van der Waals surface area contributed by atoms with E-state index in [0.29, 0.717) is 24.8 Å². The lowest BCUT2D eigenvalue weighted by Crippen LogP contribution is -2.40. The van der Waals surface area contributed by atoms with Crippen molar-refractivity contribution in [3.63, 3.8) is 0 Å². The van der Waals surface area contributed by atoms with E-state index in [0.717, 1.165) is 51.6 Å². The maximum absolute atomic E-state index is 12.5. The van der Waals surface area contributed by atoms with E-state index in [1.54, 1.807) is 0 Å². The average molecular weight is 576 g/mol. The minimum atomic E-state index is 0. The van der Waals surface area contributed by atoms with Gasteiger partial charge >= 0.3 is 0 Å². The third-order valence-corrected chi connectivity index (χ3v) is 6.63. The molecular formula is C27H38IN5O. The molecule has 184 valence electrons. The summed E-state index contributed by atoms with van der Waals surface area (Å²) in [6, 6.07) is 21.0. The zero-order valence-electron chi connectivity index (χ0n) is 20.2. The van der Waals surface area contributed by atoms with Gasteiger partial charge in [-0.15, -0.1) is 24.0 Å². The molecule has 2 saturated heterocycles. The van der Waals surface area contributed by atoms with Crippen LogP contribution in [0, 0.1) is 11.8 Å². The predicted molar refractivity (Wildman–Crippen MR) is 151 cm³/mol. The van der Waals surface area contributed by atoms with Crippen molar-refractivity contribution in [3.8, 4) is 0 Å². The van der Waals surface area contributed by atoms with Gasteiger partial charge in [0.15, 0.2) is 5.96 Å². The Balaban J connectivity index is 0.00000324. The quantitative estimate of drug-likeness (QED) is 0.272. The minimum absolute atomic E-state index is 0. The van der Waals surface area contributed by atoms with Gasteiger partial charge in [0, 0.05) is 63.8 Å². The van der Waals surface area contributed by atoms with Gasteiger partial charge in [-0.25, -0.2) is 0 Å². The molecule has 6 nitrogen and oxygen atoms in total. The Morgan fingerprint density at radius 3 is 2.47 bits per heavy atom. The summed E-state index contributed by atoms with van der Waals surface area (Å²) in [4.78, 5) is 21.8. The van der Waals surface area contributed by atoms with Gasteiger partial charge in [-0.2, -0.15) is 0 Å². The van der Waals surface area contributed by atoms with Gasteiger partial charge in [0.25, 0.3) is 0 Å². The summed E-state index contributed by atoms with van der Waals surface area (Å²) in [5, 5.41) is 6.91. The van der Waals surface area contributed by atoms with Crippen molar-refractivity contribution < 1.29 is 4.79 Å². The third-order valence-electron chi connectivity index (χ3n) is 6.63. The van der Waals surface area contributed by atoms with Gasteiger partial charge in [-0.1, -0.05) is 48.5 Å². The summed E-state index contributed by atoms with van der Waals surface area (Å²) in [5.74, 6) is 2.03. The minimum Gasteiger partial charge on any atom is -0.371 e. The van der Waals surface area contributed by atoms with Crippen LogP contribution >= 0.6 is 24.0 Å². The largest absolute Gasteiger partial charge is 0.371 e. The summed E-state index contributed by atoms with van der Waals surface area (Å²) in [6.45, 7) is 8.31. The van der Waals surface area contributed by atoms with E-state index in [4.69, 9.17) is 4.99 Å². The molecule has 7 heteroatoms. The van der Waals surface area contributed by atoms with Crippen LogP contribution in [0.2, 0.25) is 0 Å². The smallest absolute Gasteiger partial charge is 0.223 e. The fourth-order valence-electron chi connectivity index (χ4n) is 4.78. The molecule has 2 atom stereocenters. The van der Waals surface area contributed by atoms with Crippen LogP contribution in [0.1, 0.15) is 25.3 Å². The normalized spacial score (nSPS) is 20.4. The van der Waals surface area contributed by atoms with Gasteiger partial charge in [-0.3, -0.25) is 9.79 Å². The van der Waals surface area contributed by atoms with Gasteiger partial charge in [0.1, 0.15) is 0 Å². The summed E-state index contributed by atoms with van der Waals surface area (Å²) in [7, 11) is 0. The predicted octanol–water partition coefficient (Wildman–Crippen LogP) is 3.78. The molecule has 0 radical (unpaired) electrons. The number of rotatable bonds is 9. The van der Waals surface area contributed by atoms with E-state index in [-0.39, 0.29) is 29.9 Å². The van der Waals surface area contributed by atoms with E-state index in [1.807, 2.05) is 11.0 Å². The number of anilines is 1. The highest BCUT2D eigenvalue weighted by Gasteiger charge is 2.29. The second-order valence-electron chi connectivity index (χ2n) is 9.18. The molecule has 34 heavy (non-hydrogen) atoms. The fourth-order valence-corrected chi connectivity index (χ4v) is 4.78. The number of amides is 1. The standard InChI is InChI=1S/C27H37N5O.HI/c1-2-28-27(29-18-23-14-15-31(20-23)25-11-7-4-8-12-25)30-19-24-17-26(33)32(21-24)16-13-22-9-5-3-6-10-22;/h3-12,23-24H,2,13-21H2,1H3,(H2,28,29,30);1H. The molecule has 2 heterocycles. The molecule has 1 amide bonds. The lowest BCUT2D eigenvalue weighted by atomic mass is 10.1. The Kier molecular flexibility index (Phi) is 10.5. The molecular weight excluding hydrogens is 537 g/mol. The van der Waals surface area contributed by atoms with E-state index >= 15 is 0 Å². The first kappa shape index (κ1) is 26.3. The van der Waals surface area contributed by atoms with Crippen molar-refractivity contribution in [1.29, 1.82) is 0 Å². The summed E-state index contributed by atoms with van der Waals surface area (Å²) in [6.07, 6.45) is 2.70. The van der Waals surface area contributed by atoms with Gasteiger partial charge < -0.3 is 20.4 Å². The van der Waals surface area contributed by atoms with Crippen molar-refractivity contribution in [1.82, 2.24) is 15.5 Å². The highest BCUT2D eigenvalue weighted by molar-refractivity contribution is 14.0. The summed E-state index contributed by atoms with van der Waals surface area (Å²) >= 11 is 0. The topological polar surface area (TPSA) is 60.0 Å². The number of nitrogens with zero attached hydrogens (tertiary/aromatic N) is 3. The van der Waals surface area contributed by atoms with E-state index in [1.165, 1.54) is 17.7 Å².